The van der Waals surface area contributed by atoms with E-state index in [0.717, 1.165) is 23.3 Å². The van der Waals surface area contributed by atoms with E-state index in [0.29, 0.717) is 4.31 Å². The Labute approximate surface area is 144 Å². The van der Waals surface area contributed by atoms with Gasteiger partial charge in [-0.2, -0.15) is 0 Å². The average Bonchev–Trinajstić information content (AvgIpc) is 2.55. The molecular formula is C16H16N2O6S. The predicted molar refractivity (Wildman–Crippen MR) is 91.2 cm³/mol. The Bertz CT molecular complexity index is 939. The summed E-state index contributed by atoms with van der Waals surface area (Å²) >= 11 is 0. The normalized spacial score (nSPS) is 11.1. The number of carboxylic acids is 1. The van der Waals surface area contributed by atoms with E-state index in [1.807, 2.05) is 6.92 Å². The summed E-state index contributed by atoms with van der Waals surface area (Å²) in [6.07, 6.45) is 0. The van der Waals surface area contributed by atoms with Crippen LogP contribution < -0.4 is 4.31 Å². The summed E-state index contributed by atoms with van der Waals surface area (Å²) in [6.45, 7) is 2.74. The first kappa shape index (κ1) is 18.4. The van der Waals surface area contributed by atoms with Crippen molar-refractivity contribution in [1.29, 1.82) is 0 Å². The molecule has 0 aliphatic rings. The molecule has 1 N–H and O–H groups in total. The van der Waals surface area contributed by atoms with Crippen LogP contribution in [0.25, 0.3) is 0 Å². The fraction of sp³-hybridized carbons (Fsp3) is 0.188. The van der Waals surface area contributed by atoms with Gasteiger partial charge in [0, 0.05) is 6.07 Å². The van der Waals surface area contributed by atoms with Crippen LogP contribution >= 0.6 is 0 Å². The molecule has 0 saturated carbocycles. The highest BCUT2D eigenvalue weighted by atomic mass is 32.2. The van der Waals surface area contributed by atoms with Crippen molar-refractivity contribution in [3.8, 4) is 0 Å². The van der Waals surface area contributed by atoms with Crippen LogP contribution in [-0.4, -0.2) is 31.0 Å². The largest absolute Gasteiger partial charge is 0.480 e. The van der Waals surface area contributed by atoms with Crippen LogP contribution in [0.15, 0.2) is 47.4 Å². The highest BCUT2D eigenvalue weighted by Gasteiger charge is 2.33. The minimum Gasteiger partial charge on any atom is -0.480 e. The van der Waals surface area contributed by atoms with E-state index in [4.69, 9.17) is 5.11 Å². The lowest BCUT2D eigenvalue weighted by Crippen LogP contribution is -2.36. The van der Waals surface area contributed by atoms with Gasteiger partial charge in [-0.15, -0.1) is 0 Å². The molecule has 0 heterocycles. The van der Waals surface area contributed by atoms with Crippen LogP contribution in [0.3, 0.4) is 0 Å². The van der Waals surface area contributed by atoms with E-state index in [9.17, 15) is 23.3 Å². The molecule has 0 aromatic heterocycles. The van der Waals surface area contributed by atoms with Gasteiger partial charge in [0.25, 0.3) is 15.7 Å². The molecule has 9 heteroatoms. The van der Waals surface area contributed by atoms with Gasteiger partial charge in [0.15, 0.2) is 4.90 Å². The highest BCUT2D eigenvalue weighted by molar-refractivity contribution is 7.93. The average molecular weight is 364 g/mol. The van der Waals surface area contributed by atoms with E-state index < -0.39 is 38.0 Å². The Hall–Kier alpha value is -2.94. The molecule has 2 rings (SSSR count). The zero-order chi connectivity index (χ0) is 18.8. The molecule has 25 heavy (non-hydrogen) atoms. The molecule has 8 nitrogen and oxygen atoms in total. The number of hydrogen-bond acceptors (Lipinski definition) is 5. The number of carboxylic acid groups (broad SMARTS) is 1. The lowest BCUT2D eigenvalue weighted by molar-refractivity contribution is -0.387. The van der Waals surface area contributed by atoms with Gasteiger partial charge in [0.05, 0.1) is 10.6 Å². The maximum Gasteiger partial charge on any atom is 0.324 e. The van der Waals surface area contributed by atoms with Crippen molar-refractivity contribution in [2.75, 3.05) is 10.8 Å². The van der Waals surface area contributed by atoms with Crippen molar-refractivity contribution in [3.05, 3.63) is 63.7 Å². The Balaban J connectivity index is 2.67. The van der Waals surface area contributed by atoms with Crippen LogP contribution in [0.1, 0.15) is 11.1 Å². The smallest absolute Gasteiger partial charge is 0.324 e. The SMILES string of the molecule is Cc1ccc(N(CC(=O)O)S(=O)(=O)c2ccccc2[N+](=O)[O-])cc1C. The number of anilines is 1. The van der Waals surface area contributed by atoms with Crippen LogP contribution in [0.4, 0.5) is 11.4 Å². The summed E-state index contributed by atoms with van der Waals surface area (Å²) in [6, 6.07) is 9.50. The fourth-order valence-electron chi connectivity index (χ4n) is 2.26. The van der Waals surface area contributed by atoms with Crippen molar-refractivity contribution >= 4 is 27.4 Å². The molecular weight excluding hydrogens is 348 g/mol. The maximum atomic E-state index is 12.9. The summed E-state index contributed by atoms with van der Waals surface area (Å²) < 4.78 is 26.6. The maximum absolute atomic E-state index is 12.9. The first-order chi connectivity index (χ1) is 11.6. The summed E-state index contributed by atoms with van der Waals surface area (Å²) in [5.41, 5.74) is 1.19. The molecule has 0 atom stereocenters. The number of benzene rings is 2. The van der Waals surface area contributed by atoms with Gasteiger partial charge < -0.3 is 5.11 Å². The van der Waals surface area contributed by atoms with Crippen molar-refractivity contribution in [2.24, 2.45) is 0 Å². The van der Waals surface area contributed by atoms with E-state index in [1.165, 1.54) is 24.3 Å². The highest BCUT2D eigenvalue weighted by Crippen LogP contribution is 2.30. The second kappa shape index (κ2) is 6.89. The summed E-state index contributed by atoms with van der Waals surface area (Å²) in [5, 5.41) is 20.3. The first-order valence-electron chi connectivity index (χ1n) is 7.20. The van der Waals surface area contributed by atoms with Crippen molar-refractivity contribution in [3.63, 3.8) is 0 Å². The van der Waals surface area contributed by atoms with E-state index in [2.05, 4.69) is 0 Å². The number of para-hydroxylation sites is 1. The van der Waals surface area contributed by atoms with Gasteiger partial charge in [-0.3, -0.25) is 19.2 Å². The molecule has 0 aliphatic carbocycles. The second-order valence-electron chi connectivity index (χ2n) is 5.40. The Morgan fingerprint density at radius 2 is 1.80 bits per heavy atom. The Kier molecular flexibility index (Phi) is 5.07. The number of nitro benzene ring substituents is 1. The third-order valence-electron chi connectivity index (χ3n) is 3.69. The molecule has 0 saturated heterocycles. The third-order valence-corrected chi connectivity index (χ3v) is 5.51. The number of hydrogen-bond donors (Lipinski definition) is 1. The van der Waals surface area contributed by atoms with Gasteiger partial charge in [-0.05, 0) is 43.2 Å². The number of aryl methyl sites for hydroxylation is 2. The second-order valence-corrected chi connectivity index (χ2v) is 7.23. The molecule has 132 valence electrons. The van der Waals surface area contributed by atoms with E-state index in [-0.39, 0.29) is 5.69 Å². The Morgan fingerprint density at radius 1 is 1.16 bits per heavy atom. The zero-order valence-electron chi connectivity index (χ0n) is 13.5. The monoisotopic (exact) mass is 364 g/mol. The van der Waals surface area contributed by atoms with Gasteiger partial charge in [-0.25, -0.2) is 8.42 Å². The van der Waals surface area contributed by atoms with Crippen molar-refractivity contribution < 1.29 is 23.2 Å². The van der Waals surface area contributed by atoms with Gasteiger partial charge in [-0.1, -0.05) is 18.2 Å². The first-order valence-corrected chi connectivity index (χ1v) is 8.64. The van der Waals surface area contributed by atoms with Crippen LogP contribution in [0.2, 0.25) is 0 Å². The van der Waals surface area contributed by atoms with Crippen LogP contribution in [0, 0.1) is 24.0 Å². The minimum absolute atomic E-state index is 0.128. The number of carbonyl (C=O) groups is 1. The summed E-state index contributed by atoms with van der Waals surface area (Å²) in [4.78, 5) is 21.0. The molecule has 0 bridgehead atoms. The van der Waals surface area contributed by atoms with E-state index >= 15 is 0 Å². The number of rotatable bonds is 6. The van der Waals surface area contributed by atoms with Crippen molar-refractivity contribution in [2.45, 2.75) is 18.7 Å². The zero-order valence-corrected chi connectivity index (χ0v) is 14.4. The number of nitrogens with zero attached hydrogens (tertiary/aromatic N) is 2. The number of sulfonamides is 1. The molecule has 0 unspecified atom stereocenters. The Morgan fingerprint density at radius 3 is 2.36 bits per heavy atom. The van der Waals surface area contributed by atoms with Crippen LogP contribution in [-0.2, 0) is 14.8 Å². The molecule has 2 aromatic rings. The standard InChI is InChI=1S/C16H16N2O6S/c1-11-7-8-13(9-12(11)2)17(10-16(19)20)25(23,24)15-6-4-3-5-14(15)18(21)22/h3-9H,10H2,1-2H3,(H,19,20). The number of nitro groups is 1. The molecule has 0 amide bonds. The molecule has 0 fully saturated rings. The molecule has 0 radical (unpaired) electrons. The topological polar surface area (TPSA) is 118 Å². The van der Waals surface area contributed by atoms with E-state index in [1.54, 1.807) is 13.0 Å². The van der Waals surface area contributed by atoms with Gasteiger partial charge >= 0.3 is 5.97 Å². The quantitative estimate of drug-likeness (QED) is 0.621. The lowest BCUT2D eigenvalue weighted by Gasteiger charge is -2.23. The fourth-order valence-corrected chi connectivity index (χ4v) is 3.83. The van der Waals surface area contributed by atoms with Gasteiger partial charge in [0.1, 0.15) is 6.54 Å². The minimum atomic E-state index is -4.44. The molecule has 0 spiro atoms. The lowest BCUT2D eigenvalue weighted by atomic mass is 10.1. The third kappa shape index (κ3) is 3.77. The summed E-state index contributed by atoms with van der Waals surface area (Å²) in [5.74, 6) is -1.37. The van der Waals surface area contributed by atoms with Crippen LogP contribution in [0.5, 0.6) is 0 Å². The summed E-state index contributed by atoms with van der Waals surface area (Å²) in [7, 11) is -4.44. The molecule has 2 aromatic carbocycles. The van der Waals surface area contributed by atoms with Gasteiger partial charge in [0.2, 0.25) is 0 Å². The predicted octanol–water partition coefficient (Wildman–Crippen LogP) is 2.49. The van der Waals surface area contributed by atoms with Crippen molar-refractivity contribution in [1.82, 2.24) is 0 Å². The molecule has 0 aliphatic heterocycles. The number of aliphatic carboxylic acids is 1.